The van der Waals surface area contributed by atoms with Crippen molar-refractivity contribution in [3.8, 4) is 0 Å². The zero-order valence-electron chi connectivity index (χ0n) is 4.15. The summed E-state index contributed by atoms with van der Waals surface area (Å²) in [6, 6.07) is 0. The van der Waals surface area contributed by atoms with Gasteiger partial charge in [-0.15, -0.1) is 0 Å². The molecule has 0 saturated carbocycles. The van der Waals surface area contributed by atoms with E-state index in [4.69, 9.17) is 0 Å². The molecular formula is H4BiOSrTi. The fourth-order valence-corrected chi connectivity index (χ4v) is 0. The molecule has 0 rings (SSSR count). The Balaban J connectivity index is 0. The van der Waals surface area contributed by atoms with E-state index in [0.29, 0.717) is 0 Å². The zero-order valence-corrected chi connectivity index (χ0v) is 10.7. The molecule has 0 spiro atoms. The Morgan fingerprint density at radius 2 is 1.25 bits per heavy atom. The Bertz CT molecular complexity index is 13.5. The molecular weight excluding hydrogens is 360 g/mol. The molecule has 0 saturated heterocycles. The van der Waals surface area contributed by atoms with Crippen LogP contribution in [0.5, 0.6) is 0 Å². The van der Waals surface area contributed by atoms with E-state index in [-0.39, 0.29) is 102 Å². The van der Waals surface area contributed by atoms with E-state index < -0.39 is 0 Å². The van der Waals surface area contributed by atoms with Crippen molar-refractivity contribution in [2.75, 3.05) is 0 Å². The van der Waals surface area contributed by atoms with Crippen LogP contribution in [0.1, 0.15) is 2.85 Å². The van der Waals surface area contributed by atoms with Crippen LogP contribution >= 0.6 is 0 Å². The molecule has 0 heterocycles. The average Bonchev–Trinajstić information content (AvgIpc) is 0. The summed E-state index contributed by atoms with van der Waals surface area (Å²) in [5, 5.41) is 0. The average molecular weight is 364 g/mol. The van der Waals surface area contributed by atoms with Crippen LogP contribution in [0, 0.1) is 0 Å². The van der Waals surface area contributed by atoms with Crippen LogP contribution in [-0.4, -0.2) is 77.2 Å². The first-order valence-corrected chi connectivity index (χ1v) is 0. The fraction of sp³-hybridized carbons (Fsp3) is 0. The Morgan fingerprint density at radius 1 is 1.25 bits per heavy atom. The van der Waals surface area contributed by atoms with E-state index in [1.54, 1.807) is 0 Å². The first-order chi connectivity index (χ1) is 0. The predicted octanol–water partition coefficient (Wildman–Crippen LogP) is -1.36. The third-order valence-electron chi connectivity index (χ3n) is 0. The van der Waals surface area contributed by atoms with Gasteiger partial charge in [0.1, 0.15) is 0 Å². The molecule has 4 heavy (non-hydrogen) atoms. The summed E-state index contributed by atoms with van der Waals surface area (Å²) in [5.74, 6) is 0. The van der Waals surface area contributed by atoms with Crippen molar-refractivity contribution in [1.82, 2.24) is 0 Å². The summed E-state index contributed by atoms with van der Waals surface area (Å²) in [4.78, 5) is 0. The summed E-state index contributed by atoms with van der Waals surface area (Å²) in [7, 11) is 0. The molecule has 0 bridgehead atoms. The van der Waals surface area contributed by atoms with Crippen molar-refractivity contribution in [3.63, 3.8) is 0 Å². The molecule has 0 atom stereocenters. The Kier molecular flexibility index (Phi) is 115. The zero-order chi connectivity index (χ0) is 0. The second-order valence-corrected chi connectivity index (χ2v) is 0. The van der Waals surface area contributed by atoms with Crippen molar-refractivity contribution in [2.24, 2.45) is 0 Å². The van der Waals surface area contributed by atoms with Gasteiger partial charge in [0.2, 0.25) is 0 Å². The van der Waals surface area contributed by atoms with Gasteiger partial charge in [0.25, 0.3) is 0 Å². The smallest absolute Gasteiger partial charge is 1.00 e. The van der Waals surface area contributed by atoms with Crippen molar-refractivity contribution in [2.45, 2.75) is 0 Å². The molecule has 0 fully saturated rings. The summed E-state index contributed by atoms with van der Waals surface area (Å²) in [5.41, 5.74) is 0. The predicted molar refractivity (Wildman–Crippen MR) is 17.3 cm³/mol. The van der Waals surface area contributed by atoms with E-state index in [1.807, 2.05) is 0 Å². The van der Waals surface area contributed by atoms with Crippen LogP contribution in [0.15, 0.2) is 0 Å². The summed E-state index contributed by atoms with van der Waals surface area (Å²) >= 11 is 0. The molecule has 0 aliphatic rings. The van der Waals surface area contributed by atoms with Crippen molar-refractivity contribution in [3.05, 3.63) is 0 Å². The molecule has 3 radical (unpaired) electrons. The molecule has 1 nitrogen and oxygen atoms in total. The Labute approximate surface area is 99.5 Å². The summed E-state index contributed by atoms with van der Waals surface area (Å²) in [6.07, 6.45) is 0. The Hall–Kier alpha value is 3.04. The van der Waals surface area contributed by atoms with Gasteiger partial charge in [-0.05, 0) is 0 Å². The van der Waals surface area contributed by atoms with Crippen LogP contribution in [0.3, 0.4) is 0 Å². The van der Waals surface area contributed by atoms with Crippen molar-refractivity contribution >= 4 is 71.7 Å². The summed E-state index contributed by atoms with van der Waals surface area (Å²) in [6.45, 7) is 0. The molecule has 0 aromatic heterocycles. The van der Waals surface area contributed by atoms with E-state index >= 15 is 0 Å². The largest absolute Gasteiger partial charge is 2.00 e. The third kappa shape index (κ3) is 8.90. The second kappa shape index (κ2) is 16.6. The van der Waals surface area contributed by atoms with Crippen molar-refractivity contribution in [1.29, 1.82) is 0 Å². The quantitative estimate of drug-likeness (QED) is 0.476. The maximum absolute atomic E-state index is 0. The van der Waals surface area contributed by atoms with Crippen LogP contribution in [0.4, 0.5) is 0 Å². The van der Waals surface area contributed by atoms with Crippen molar-refractivity contribution < 1.29 is 30.0 Å². The van der Waals surface area contributed by atoms with Gasteiger partial charge in [0.05, 0.1) is 0 Å². The molecule has 0 aromatic carbocycles. The molecule has 0 aliphatic heterocycles. The third-order valence-corrected chi connectivity index (χ3v) is 0. The monoisotopic (exact) mass is 365 g/mol. The van der Waals surface area contributed by atoms with Gasteiger partial charge >= 0.3 is 45.5 Å². The number of rotatable bonds is 0. The number of hydrogen-bond donors (Lipinski definition) is 0. The topological polar surface area (TPSA) is 31.5 Å². The van der Waals surface area contributed by atoms with Gasteiger partial charge < -0.3 is 8.33 Å². The SMILES string of the molecule is O.[Bi].[H-].[H-].[Sr+2].[Ti]. The minimum atomic E-state index is 0. The van der Waals surface area contributed by atoms with Crippen LogP contribution in [0.25, 0.3) is 0 Å². The van der Waals surface area contributed by atoms with E-state index in [2.05, 4.69) is 0 Å². The number of hydrogen-bond acceptors (Lipinski definition) is 0. The normalized spacial score (nSPS) is 0. The van der Waals surface area contributed by atoms with Gasteiger partial charge in [-0.2, -0.15) is 0 Å². The minimum absolute atomic E-state index is 0. The van der Waals surface area contributed by atoms with Crippen LogP contribution < -0.4 is 0 Å². The standard InChI is InChI=1S/Bi.H2O.Sr.Ti.2H/h;1H2;;;;/q;;+2;;2*-1. The van der Waals surface area contributed by atoms with E-state index in [0.717, 1.165) is 0 Å². The summed E-state index contributed by atoms with van der Waals surface area (Å²) < 4.78 is 0. The maximum atomic E-state index is 0. The molecule has 0 unspecified atom stereocenters. The molecule has 0 aliphatic carbocycles. The molecule has 0 aromatic rings. The first-order valence-electron chi connectivity index (χ1n) is 0. The van der Waals surface area contributed by atoms with Gasteiger partial charge in [-0.25, -0.2) is 0 Å². The second-order valence-electron chi connectivity index (χ2n) is 0. The van der Waals surface area contributed by atoms with Crippen LogP contribution in [-0.2, 0) is 21.7 Å². The molecule has 4 heteroatoms. The molecule has 2 N–H and O–H groups in total. The van der Waals surface area contributed by atoms with Crippen LogP contribution in [0.2, 0.25) is 0 Å². The maximum Gasteiger partial charge on any atom is 2.00 e. The fourth-order valence-electron chi connectivity index (χ4n) is 0. The van der Waals surface area contributed by atoms with E-state index in [1.165, 1.54) is 0 Å². The van der Waals surface area contributed by atoms with Gasteiger partial charge in [-0.1, -0.05) is 0 Å². The Morgan fingerprint density at radius 3 is 1.25 bits per heavy atom. The molecule has 0 amide bonds. The van der Waals surface area contributed by atoms with E-state index in [9.17, 15) is 0 Å². The minimum Gasteiger partial charge on any atom is -1.00 e. The van der Waals surface area contributed by atoms with Gasteiger partial charge in [0, 0.05) is 47.9 Å². The molecule has 21 valence electrons. The van der Waals surface area contributed by atoms with Gasteiger partial charge in [0.15, 0.2) is 0 Å². The first kappa shape index (κ1) is 27.8. The van der Waals surface area contributed by atoms with Gasteiger partial charge in [-0.3, -0.25) is 0 Å².